The van der Waals surface area contributed by atoms with Crippen molar-refractivity contribution in [3.63, 3.8) is 0 Å². The Kier molecular flexibility index (Phi) is 5.09. The Balaban J connectivity index is 1.66. The summed E-state index contributed by atoms with van der Waals surface area (Å²) in [6.45, 7) is -0.372. The molecular formula is C15H15N5O7. The highest BCUT2D eigenvalue weighted by molar-refractivity contribution is 5.99. The van der Waals surface area contributed by atoms with Gasteiger partial charge in [0.25, 0.3) is 0 Å². The molecule has 12 nitrogen and oxygen atoms in total. The predicted molar refractivity (Wildman–Crippen MR) is 86.7 cm³/mol. The third-order valence-corrected chi connectivity index (χ3v) is 3.84. The number of aromatic nitrogens is 4. The van der Waals surface area contributed by atoms with Crippen molar-refractivity contribution in [2.45, 2.75) is 24.9 Å². The summed E-state index contributed by atoms with van der Waals surface area (Å²) in [7, 11) is 0. The molecular weight excluding hydrogens is 362 g/mol. The highest BCUT2D eigenvalue weighted by Crippen LogP contribution is 2.28. The van der Waals surface area contributed by atoms with Gasteiger partial charge in [0.05, 0.1) is 6.10 Å². The van der Waals surface area contributed by atoms with Gasteiger partial charge in [-0.15, -0.1) is 0 Å². The van der Waals surface area contributed by atoms with Crippen molar-refractivity contribution in [2.75, 3.05) is 12.3 Å². The lowest BCUT2D eigenvalue weighted by atomic mass is 10.2. The first-order valence-electron chi connectivity index (χ1n) is 7.76. The van der Waals surface area contributed by atoms with Crippen LogP contribution in [0.5, 0.6) is 0 Å². The van der Waals surface area contributed by atoms with Gasteiger partial charge >= 0.3 is 17.6 Å². The van der Waals surface area contributed by atoms with Crippen molar-refractivity contribution < 1.29 is 29.3 Å². The zero-order valence-electron chi connectivity index (χ0n) is 13.8. The Labute approximate surface area is 151 Å². The van der Waals surface area contributed by atoms with Crippen LogP contribution in [0.3, 0.4) is 0 Å². The first-order valence-corrected chi connectivity index (χ1v) is 7.76. The minimum atomic E-state index is -1.43. The minimum Gasteiger partial charge on any atom is -0.476 e. The first kappa shape index (κ1) is 18.4. The lowest BCUT2D eigenvalue weighted by Crippen LogP contribution is -2.29. The number of carbonyl (C=O) groups is 2. The number of aliphatic hydroxyl groups is 1. The van der Waals surface area contributed by atoms with E-state index in [-0.39, 0.29) is 18.8 Å². The highest BCUT2D eigenvalue weighted by Gasteiger charge is 2.36. The second-order valence-corrected chi connectivity index (χ2v) is 5.63. The van der Waals surface area contributed by atoms with E-state index in [1.165, 1.54) is 12.3 Å². The van der Waals surface area contributed by atoms with E-state index in [1.54, 1.807) is 0 Å². The fourth-order valence-electron chi connectivity index (χ4n) is 2.55. The second-order valence-electron chi connectivity index (χ2n) is 5.63. The predicted octanol–water partition coefficient (Wildman–Crippen LogP) is -1.18. The van der Waals surface area contributed by atoms with Crippen molar-refractivity contribution in [1.29, 1.82) is 0 Å². The molecule has 3 heterocycles. The summed E-state index contributed by atoms with van der Waals surface area (Å²) in [5, 5.41) is 19.1. The molecule has 3 rings (SSSR count). The van der Waals surface area contributed by atoms with E-state index in [9.17, 15) is 19.5 Å². The number of hydrogen-bond donors (Lipinski definition) is 3. The number of hydrogen-bond acceptors (Lipinski definition) is 10. The van der Waals surface area contributed by atoms with Crippen LogP contribution >= 0.6 is 0 Å². The van der Waals surface area contributed by atoms with Crippen LogP contribution in [-0.4, -0.2) is 60.5 Å². The number of aliphatic hydroxyl groups excluding tert-OH is 1. The van der Waals surface area contributed by atoms with Gasteiger partial charge in [0.2, 0.25) is 0 Å². The summed E-state index contributed by atoms with van der Waals surface area (Å²) in [4.78, 5) is 45.8. The summed E-state index contributed by atoms with van der Waals surface area (Å²) in [5.74, 6) is -2.40. The molecule has 27 heavy (non-hydrogen) atoms. The third kappa shape index (κ3) is 3.91. The maximum atomic E-state index is 12.1. The molecule has 0 unspecified atom stereocenters. The van der Waals surface area contributed by atoms with Crippen molar-refractivity contribution in [3.05, 3.63) is 46.5 Å². The zero-order chi connectivity index (χ0) is 19.6. The number of ether oxygens (including phenoxy) is 2. The van der Waals surface area contributed by atoms with Gasteiger partial charge in [-0.25, -0.2) is 24.4 Å². The van der Waals surface area contributed by atoms with Gasteiger partial charge < -0.3 is 25.4 Å². The average molecular weight is 377 g/mol. The summed E-state index contributed by atoms with van der Waals surface area (Å²) in [5.41, 5.74) is 3.77. The Bertz CT molecular complexity index is 931. The molecule has 2 aromatic heterocycles. The van der Waals surface area contributed by atoms with Crippen LogP contribution in [0.25, 0.3) is 0 Å². The smallest absolute Gasteiger partial charge is 0.359 e. The topological polar surface area (TPSA) is 180 Å². The summed E-state index contributed by atoms with van der Waals surface area (Å²) >= 11 is 0. The summed E-state index contributed by atoms with van der Waals surface area (Å²) in [6, 6.07) is 1.41. The summed E-state index contributed by atoms with van der Waals surface area (Å²) < 4.78 is 11.7. The number of aromatic carboxylic acids is 1. The Morgan fingerprint density at radius 3 is 2.70 bits per heavy atom. The van der Waals surface area contributed by atoms with Gasteiger partial charge in [-0.2, -0.15) is 4.98 Å². The number of esters is 1. The molecule has 4 N–H and O–H groups in total. The van der Waals surface area contributed by atoms with Crippen LogP contribution < -0.4 is 11.4 Å². The van der Waals surface area contributed by atoms with E-state index in [4.69, 9.17) is 20.3 Å². The fraction of sp³-hybridized carbons (Fsp3) is 0.333. The van der Waals surface area contributed by atoms with E-state index >= 15 is 0 Å². The van der Waals surface area contributed by atoms with Gasteiger partial charge in [-0.1, -0.05) is 0 Å². The molecule has 1 saturated heterocycles. The molecule has 0 radical (unpaired) electrons. The standard InChI is InChI=1S/C15H15N5O7/c16-9-1-4-20(15(25)19-9)10-5-7(21)8(27-10)6-26-14(24)12-11(13(22)23)17-2-3-18-12/h1-4,7-8,10,21H,5-6H2,(H,22,23)(H2,16,19,25)/t7-,8+,10+/m0/s1. The molecule has 3 atom stereocenters. The molecule has 12 heteroatoms. The molecule has 142 valence electrons. The number of carboxylic acid groups (broad SMARTS) is 1. The monoisotopic (exact) mass is 377 g/mol. The molecule has 2 aromatic rings. The molecule has 0 spiro atoms. The van der Waals surface area contributed by atoms with Gasteiger partial charge in [0, 0.05) is 25.0 Å². The molecule has 1 aliphatic heterocycles. The van der Waals surface area contributed by atoms with E-state index in [0.717, 1.165) is 17.0 Å². The van der Waals surface area contributed by atoms with Crippen LogP contribution in [0.4, 0.5) is 5.82 Å². The number of carboxylic acids is 1. The lowest BCUT2D eigenvalue weighted by molar-refractivity contribution is -0.0533. The number of nitrogen functional groups attached to an aromatic ring is 1. The maximum Gasteiger partial charge on any atom is 0.359 e. The molecule has 0 amide bonds. The van der Waals surface area contributed by atoms with E-state index in [1.807, 2.05) is 0 Å². The van der Waals surface area contributed by atoms with Crippen LogP contribution in [0, 0.1) is 0 Å². The molecule has 0 saturated carbocycles. The number of anilines is 1. The molecule has 1 aliphatic rings. The van der Waals surface area contributed by atoms with Gasteiger partial charge in [-0.3, -0.25) is 4.57 Å². The SMILES string of the molecule is Nc1ccn([C@H]2C[C@H](O)[C@@H](COC(=O)c3nccnc3C(=O)O)O2)c(=O)n1. The number of nitrogens with zero attached hydrogens (tertiary/aromatic N) is 4. The van der Waals surface area contributed by atoms with Crippen molar-refractivity contribution in [2.24, 2.45) is 0 Å². The fourth-order valence-corrected chi connectivity index (χ4v) is 2.55. The van der Waals surface area contributed by atoms with E-state index in [0.29, 0.717) is 0 Å². The van der Waals surface area contributed by atoms with Crippen molar-refractivity contribution in [3.8, 4) is 0 Å². The quantitative estimate of drug-likeness (QED) is 0.534. The Morgan fingerprint density at radius 1 is 1.33 bits per heavy atom. The molecule has 1 fully saturated rings. The van der Waals surface area contributed by atoms with Gasteiger partial charge in [-0.05, 0) is 6.07 Å². The van der Waals surface area contributed by atoms with Gasteiger partial charge in [0.15, 0.2) is 11.4 Å². The van der Waals surface area contributed by atoms with Crippen molar-refractivity contribution in [1.82, 2.24) is 19.5 Å². The molecule has 0 aliphatic carbocycles. The van der Waals surface area contributed by atoms with E-state index < -0.39 is 47.5 Å². The number of nitrogens with two attached hydrogens (primary N) is 1. The largest absolute Gasteiger partial charge is 0.476 e. The maximum absolute atomic E-state index is 12.1. The third-order valence-electron chi connectivity index (χ3n) is 3.84. The Morgan fingerprint density at radius 2 is 2.04 bits per heavy atom. The zero-order valence-corrected chi connectivity index (χ0v) is 13.8. The van der Waals surface area contributed by atoms with Gasteiger partial charge in [0.1, 0.15) is 24.8 Å². The van der Waals surface area contributed by atoms with Crippen LogP contribution in [0.2, 0.25) is 0 Å². The van der Waals surface area contributed by atoms with Crippen molar-refractivity contribution >= 4 is 17.8 Å². The minimum absolute atomic E-state index is 0.0541. The summed E-state index contributed by atoms with van der Waals surface area (Å²) in [6.07, 6.45) is 0.985. The second kappa shape index (κ2) is 7.47. The number of rotatable bonds is 5. The van der Waals surface area contributed by atoms with E-state index in [2.05, 4.69) is 15.0 Å². The molecule has 0 bridgehead atoms. The highest BCUT2D eigenvalue weighted by atomic mass is 16.6. The molecule has 0 aromatic carbocycles. The average Bonchev–Trinajstić information content (AvgIpc) is 3.00. The lowest BCUT2D eigenvalue weighted by Gasteiger charge is -2.16. The Hall–Kier alpha value is -3.38. The normalized spacial score (nSPS) is 21.7. The van der Waals surface area contributed by atoms with Crippen LogP contribution in [0.15, 0.2) is 29.5 Å². The number of carbonyl (C=O) groups excluding carboxylic acids is 1. The van der Waals surface area contributed by atoms with Crippen LogP contribution in [-0.2, 0) is 9.47 Å². The van der Waals surface area contributed by atoms with Crippen LogP contribution in [0.1, 0.15) is 33.6 Å². The first-order chi connectivity index (χ1) is 12.9.